The molecule has 1 saturated heterocycles. The van der Waals surface area contributed by atoms with Crippen molar-refractivity contribution in [1.82, 2.24) is 19.9 Å². The van der Waals surface area contributed by atoms with Gasteiger partial charge in [-0.2, -0.15) is 0 Å². The lowest BCUT2D eigenvalue weighted by molar-refractivity contribution is -0.0710. The first-order valence-corrected chi connectivity index (χ1v) is 14.9. The molecular weight excluding hydrogens is 534 g/mol. The van der Waals surface area contributed by atoms with E-state index < -0.39 is 15.1 Å². The van der Waals surface area contributed by atoms with Crippen molar-refractivity contribution in [2.24, 2.45) is 0 Å². The van der Waals surface area contributed by atoms with Gasteiger partial charge in [0.25, 0.3) is 0 Å². The number of nitrogens with zero attached hydrogens (tertiary/aromatic N) is 4. The number of sulfone groups is 1. The van der Waals surface area contributed by atoms with Gasteiger partial charge in [-0.25, -0.2) is 18.4 Å². The lowest BCUT2D eigenvalue weighted by Gasteiger charge is -2.34. The molecule has 10 heteroatoms. The third kappa shape index (κ3) is 6.06. The number of benzene rings is 2. The van der Waals surface area contributed by atoms with Crippen LogP contribution < -0.4 is 5.32 Å². The number of hydrogen-bond acceptors (Lipinski definition) is 8. The quantitative estimate of drug-likeness (QED) is 0.297. The summed E-state index contributed by atoms with van der Waals surface area (Å²) in [5.74, 6) is 1.32. The van der Waals surface area contributed by atoms with Crippen molar-refractivity contribution in [2.45, 2.75) is 56.6 Å². The minimum atomic E-state index is -3.35. The molecule has 1 aliphatic rings. The van der Waals surface area contributed by atoms with Gasteiger partial charge >= 0.3 is 0 Å². The third-order valence-corrected chi connectivity index (χ3v) is 9.18. The maximum atomic E-state index is 12.6. The maximum absolute atomic E-state index is 12.6. The van der Waals surface area contributed by atoms with Crippen LogP contribution in [0.15, 0.2) is 65.7 Å². The van der Waals surface area contributed by atoms with Crippen molar-refractivity contribution in [2.75, 3.05) is 18.4 Å². The van der Waals surface area contributed by atoms with Gasteiger partial charge in [0.05, 0.1) is 45.1 Å². The Hall–Kier alpha value is -3.11. The van der Waals surface area contributed by atoms with Crippen LogP contribution >= 0.6 is 11.6 Å². The van der Waals surface area contributed by atoms with Crippen LogP contribution in [0, 0.1) is 0 Å². The second-order valence-electron chi connectivity index (χ2n) is 10.2. The maximum Gasteiger partial charge on any atom is 0.180 e. The van der Waals surface area contributed by atoms with Gasteiger partial charge in [0.15, 0.2) is 9.84 Å². The van der Waals surface area contributed by atoms with Crippen molar-refractivity contribution in [3.05, 3.63) is 71.6 Å². The molecular formula is C29H32ClN5O3S. The number of anilines is 2. The molecule has 1 fully saturated rings. The third-order valence-electron chi connectivity index (χ3n) is 6.70. The van der Waals surface area contributed by atoms with Gasteiger partial charge in [0.2, 0.25) is 0 Å². The second-order valence-corrected chi connectivity index (χ2v) is 13.2. The molecule has 0 spiro atoms. The summed E-state index contributed by atoms with van der Waals surface area (Å²) in [4.78, 5) is 16.9. The van der Waals surface area contributed by atoms with Crippen LogP contribution in [0.3, 0.4) is 0 Å². The Morgan fingerprint density at radius 2 is 1.77 bits per heavy atom. The number of hydrogen-bond donors (Lipinski definition) is 1. The van der Waals surface area contributed by atoms with Gasteiger partial charge in [-0.1, -0.05) is 17.7 Å². The molecule has 2 atom stereocenters. The topological polar surface area (TPSA) is 97.3 Å². The Bertz CT molecular complexity index is 1580. The molecule has 2 aromatic heterocycles. The fourth-order valence-corrected chi connectivity index (χ4v) is 6.13. The largest absolute Gasteiger partial charge is 0.373 e. The Kier molecular flexibility index (Phi) is 7.87. The molecule has 204 valence electrons. The molecule has 2 aromatic carbocycles. The van der Waals surface area contributed by atoms with Crippen molar-refractivity contribution in [3.8, 4) is 11.3 Å². The Morgan fingerprint density at radius 3 is 2.44 bits per heavy atom. The summed E-state index contributed by atoms with van der Waals surface area (Å²) >= 11 is 6.43. The highest BCUT2D eigenvalue weighted by molar-refractivity contribution is 7.92. The summed E-state index contributed by atoms with van der Waals surface area (Å²) in [5.41, 5.74) is 3.04. The molecule has 4 aromatic rings. The van der Waals surface area contributed by atoms with E-state index in [0.717, 1.165) is 35.2 Å². The van der Waals surface area contributed by atoms with Gasteiger partial charge in [-0.05, 0) is 76.2 Å². The zero-order valence-corrected chi connectivity index (χ0v) is 24.0. The van der Waals surface area contributed by atoms with Crippen molar-refractivity contribution in [1.29, 1.82) is 0 Å². The summed E-state index contributed by atoms with van der Waals surface area (Å²) in [6.07, 6.45) is 1.98. The van der Waals surface area contributed by atoms with Crippen LogP contribution in [0.5, 0.6) is 0 Å². The van der Waals surface area contributed by atoms with E-state index in [1.54, 1.807) is 50.4 Å². The number of nitrogens with one attached hydrogen (secondary N) is 1. The lowest BCUT2D eigenvalue weighted by atomic mass is 10.1. The van der Waals surface area contributed by atoms with E-state index in [1.807, 2.05) is 24.3 Å². The Labute approximate surface area is 234 Å². The molecule has 0 radical (unpaired) electrons. The van der Waals surface area contributed by atoms with E-state index in [1.165, 1.54) is 0 Å². The number of morpholine rings is 1. The van der Waals surface area contributed by atoms with E-state index in [0.29, 0.717) is 33.8 Å². The van der Waals surface area contributed by atoms with E-state index >= 15 is 0 Å². The molecule has 0 amide bonds. The monoisotopic (exact) mass is 565 g/mol. The van der Waals surface area contributed by atoms with Gasteiger partial charge < -0.3 is 10.1 Å². The number of rotatable bonds is 7. The molecule has 1 N–H and O–H groups in total. The van der Waals surface area contributed by atoms with Crippen LogP contribution in [0.2, 0.25) is 5.02 Å². The fourth-order valence-electron chi connectivity index (χ4n) is 4.84. The van der Waals surface area contributed by atoms with Crippen LogP contribution in [0.4, 0.5) is 11.5 Å². The molecule has 0 aliphatic carbocycles. The van der Waals surface area contributed by atoms with Crippen LogP contribution in [-0.4, -0.2) is 58.8 Å². The molecule has 0 bridgehead atoms. The molecule has 5 rings (SSSR count). The van der Waals surface area contributed by atoms with Crippen molar-refractivity contribution >= 4 is 43.8 Å². The second kappa shape index (κ2) is 11.2. The SMILES string of the molecule is CC1CN(Cc2nc(Nc3ccc(S(=O)(=O)C(C)C)cc3)c3ccc(-c4ncccc4Cl)cc3n2)CC(C)O1. The van der Waals surface area contributed by atoms with E-state index in [2.05, 4.69) is 29.0 Å². The fraction of sp³-hybridized carbons (Fsp3) is 0.345. The standard InChI is InChI=1S/C29H32ClN5O3S/c1-18(2)39(36,37)23-10-8-22(9-11-23)32-29-24-12-7-21(28-25(30)6-5-13-31-28)14-26(24)33-27(34-29)17-35-15-19(3)38-20(4)16-35/h5-14,18-20H,15-17H2,1-4H3,(H,32,33,34). The summed E-state index contributed by atoms with van der Waals surface area (Å²) in [7, 11) is -3.35. The summed E-state index contributed by atoms with van der Waals surface area (Å²) in [6.45, 7) is 9.67. The zero-order valence-electron chi connectivity index (χ0n) is 22.4. The van der Waals surface area contributed by atoms with Crippen molar-refractivity contribution < 1.29 is 13.2 Å². The average molecular weight is 566 g/mol. The molecule has 2 unspecified atom stereocenters. The van der Waals surface area contributed by atoms with Gasteiger partial charge in [0, 0.05) is 35.9 Å². The number of fused-ring (bicyclic) bond motifs is 1. The van der Waals surface area contributed by atoms with E-state index in [4.69, 9.17) is 26.3 Å². The minimum Gasteiger partial charge on any atom is -0.373 e. The Balaban J connectivity index is 1.53. The van der Waals surface area contributed by atoms with Crippen LogP contribution in [0.1, 0.15) is 33.5 Å². The van der Waals surface area contributed by atoms with Crippen LogP contribution in [0.25, 0.3) is 22.2 Å². The molecule has 39 heavy (non-hydrogen) atoms. The number of aromatic nitrogens is 3. The molecule has 1 aliphatic heterocycles. The first-order valence-electron chi connectivity index (χ1n) is 13.0. The average Bonchev–Trinajstić information content (AvgIpc) is 2.88. The van der Waals surface area contributed by atoms with Gasteiger partial charge in [0.1, 0.15) is 11.6 Å². The first kappa shape index (κ1) is 27.5. The van der Waals surface area contributed by atoms with E-state index in [9.17, 15) is 8.42 Å². The predicted molar refractivity (Wildman–Crippen MR) is 155 cm³/mol. The molecule has 8 nitrogen and oxygen atoms in total. The minimum absolute atomic E-state index is 0.130. The number of pyridine rings is 1. The number of halogens is 1. The molecule has 3 heterocycles. The molecule has 0 saturated carbocycles. The van der Waals surface area contributed by atoms with Crippen molar-refractivity contribution in [3.63, 3.8) is 0 Å². The van der Waals surface area contributed by atoms with E-state index in [-0.39, 0.29) is 12.2 Å². The normalized spacial score (nSPS) is 18.5. The zero-order chi connectivity index (χ0) is 27.7. The lowest BCUT2D eigenvalue weighted by Crippen LogP contribution is -2.45. The van der Waals surface area contributed by atoms with Gasteiger partial charge in [-0.15, -0.1) is 0 Å². The smallest absolute Gasteiger partial charge is 0.180 e. The summed E-state index contributed by atoms with van der Waals surface area (Å²) < 4.78 is 31.0. The highest BCUT2D eigenvalue weighted by Gasteiger charge is 2.24. The Morgan fingerprint density at radius 1 is 1.05 bits per heavy atom. The first-order chi connectivity index (χ1) is 18.6. The van der Waals surface area contributed by atoms with Crippen LogP contribution in [-0.2, 0) is 21.1 Å². The van der Waals surface area contributed by atoms with Gasteiger partial charge in [-0.3, -0.25) is 9.88 Å². The summed E-state index contributed by atoms with van der Waals surface area (Å²) in [6, 6.07) is 16.3. The predicted octanol–water partition coefficient (Wildman–Crippen LogP) is 5.88. The highest BCUT2D eigenvalue weighted by atomic mass is 35.5. The summed E-state index contributed by atoms with van der Waals surface area (Å²) in [5, 5.41) is 4.30. The number of ether oxygens (including phenoxy) is 1. The highest BCUT2D eigenvalue weighted by Crippen LogP contribution is 2.31.